The zero-order valence-corrected chi connectivity index (χ0v) is 16.9. The van der Waals surface area contributed by atoms with Gasteiger partial charge in [0.05, 0.1) is 6.42 Å². The number of aromatic nitrogens is 1. The summed E-state index contributed by atoms with van der Waals surface area (Å²) < 4.78 is 15.3. The SMILES string of the molecule is O=C(Cc1cn(Cc2ccc(F)cc2)c2ccccc12)NCCCc1ccccc1. The smallest absolute Gasteiger partial charge is 0.224 e. The van der Waals surface area contributed by atoms with Crippen LogP contribution in [0, 0.1) is 5.82 Å². The van der Waals surface area contributed by atoms with Gasteiger partial charge in [-0.15, -0.1) is 0 Å². The quantitative estimate of drug-likeness (QED) is 0.409. The topological polar surface area (TPSA) is 34.0 Å². The minimum Gasteiger partial charge on any atom is -0.356 e. The maximum atomic E-state index is 13.2. The van der Waals surface area contributed by atoms with Crippen LogP contribution in [0.25, 0.3) is 10.9 Å². The van der Waals surface area contributed by atoms with E-state index in [9.17, 15) is 9.18 Å². The summed E-state index contributed by atoms with van der Waals surface area (Å²) in [5.41, 5.74) is 4.40. The van der Waals surface area contributed by atoms with Gasteiger partial charge in [0.1, 0.15) is 5.82 Å². The molecule has 0 aliphatic carbocycles. The van der Waals surface area contributed by atoms with E-state index in [-0.39, 0.29) is 11.7 Å². The third kappa shape index (κ3) is 4.95. The van der Waals surface area contributed by atoms with Gasteiger partial charge in [0.25, 0.3) is 0 Å². The van der Waals surface area contributed by atoms with E-state index in [2.05, 4.69) is 34.1 Å². The molecular formula is C26H25FN2O. The highest BCUT2D eigenvalue weighted by Crippen LogP contribution is 2.23. The van der Waals surface area contributed by atoms with Gasteiger partial charge in [0, 0.05) is 30.2 Å². The second kappa shape index (κ2) is 9.40. The van der Waals surface area contributed by atoms with E-state index in [0.717, 1.165) is 34.9 Å². The van der Waals surface area contributed by atoms with Crippen LogP contribution in [0.4, 0.5) is 4.39 Å². The fraction of sp³-hybridized carbons (Fsp3) is 0.192. The lowest BCUT2D eigenvalue weighted by Crippen LogP contribution is -2.26. The molecular weight excluding hydrogens is 375 g/mol. The Hall–Kier alpha value is -3.40. The standard InChI is InChI=1S/C26H25FN2O/c27-23-14-12-21(13-15-23)18-29-19-22(24-10-4-5-11-25(24)29)17-26(30)28-16-6-9-20-7-2-1-3-8-20/h1-5,7-8,10-15,19H,6,9,16-18H2,(H,28,30). The number of rotatable bonds is 8. The summed E-state index contributed by atoms with van der Waals surface area (Å²) in [4.78, 5) is 12.5. The lowest BCUT2D eigenvalue weighted by molar-refractivity contribution is -0.120. The van der Waals surface area contributed by atoms with Crippen LogP contribution in [0.1, 0.15) is 23.1 Å². The number of hydrogen-bond acceptors (Lipinski definition) is 1. The molecule has 0 atom stereocenters. The van der Waals surface area contributed by atoms with Gasteiger partial charge in [0.2, 0.25) is 5.91 Å². The molecule has 0 saturated carbocycles. The van der Waals surface area contributed by atoms with E-state index in [1.165, 1.54) is 17.7 Å². The lowest BCUT2D eigenvalue weighted by Gasteiger charge is -2.05. The van der Waals surface area contributed by atoms with Crippen LogP contribution in [0.3, 0.4) is 0 Å². The van der Waals surface area contributed by atoms with Gasteiger partial charge in [-0.2, -0.15) is 0 Å². The predicted molar refractivity (Wildman–Crippen MR) is 119 cm³/mol. The van der Waals surface area contributed by atoms with Crippen molar-refractivity contribution in [2.24, 2.45) is 0 Å². The van der Waals surface area contributed by atoms with Crippen LogP contribution in [0.2, 0.25) is 0 Å². The van der Waals surface area contributed by atoms with Gasteiger partial charge in [0.15, 0.2) is 0 Å². The molecule has 3 nitrogen and oxygen atoms in total. The van der Waals surface area contributed by atoms with E-state index in [1.807, 2.05) is 36.5 Å². The summed E-state index contributed by atoms with van der Waals surface area (Å²) >= 11 is 0. The van der Waals surface area contributed by atoms with Crippen LogP contribution in [-0.4, -0.2) is 17.0 Å². The van der Waals surface area contributed by atoms with Gasteiger partial charge >= 0.3 is 0 Å². The van der Waals surface area contributed by atoms with Crippen LogP contribution in [-0.2, 0) is 24.2 Å². The minimum atomic E-state index is -0.235. The number of carbonyl (C=O) groups excluding carboxylic acids is 1. The normalized spacial score (nSPS) is 11.0. The summed E-state index contributed by atoms with van der Waals surface area (Å²) in [5.74, 6) is -0.200. The Bertz CT molecular complexity index is 1120. The van der Waals surface area contributed by atoms with Crippen molar-refractivity contribution >= 4 is 16.8 Å². The predicted octanol–water partition coefficient (Wildman–Crippen LogP) is 5.12. The average Bonchev–Trinajstić information content (AvgIpc) is 3.11. The molecule has 0 radical (unpaired) electrons. The second-order valence-corrected chi connectivity index (χ2v) is 7.54. The molecule has 0 spiro atoms. The van der Waals surface area contributed by atoms with Crippen molar-refractivity contribution in [2.75, 3.05) is 6.54 Å². The molecule has 1 heterocycles. The second-order valence-electron chi connectivity index (χ2n) is 7.54. The van der Waals surface area contributed by atoms with Crippen molar-refractivity contribution in [1.82, 2.24) is 9.88 Å². The average molecular weight is 400 g/mol. The van der Waals surface area contributed by atoms with Crippen molar-refractivity contribution < 1.29 is 9.18 Å². The third-order valence-corrected chi connectivity index (χ3v) is 5.30. The molecule has 0 aliphatic rings. The molecule has 0 saturated heterocycles. The largest absolute Gasteiger partial charge is 0.356 e. The highest BCUT2D eigenvalue weighted by atomic mass is 19.1. The Morgan fingerprint density at radius 2 is 1.60 bits per heavy atom. The molecule has 4 heteroatoms. The molecule has 1 aromatic heterocycles. The maximum absolute atomic E-state index is 13.2. The van der Waals surface area contributed by atoms with Crippen molar-refractivity contribution in [3.8, 4) is 0 Å². The molecule has 152 valence electrons. The van der Waals surface area contributed by atoms with Crippen LogP contribution < -0.4 is 5.32 Å². The molecule has 0 fully saturated rings. The number of benzene rings is 3. The number of amides is 1. The van der Waals surface area contributed by atoms with Crippen LogP contribution in [0.15, 0.2) is 85.1 Å². The molecule has 4 aromatic rings. The maximum Gasteiger partial charge on any atom is 0.224 e. The first kappa shape index (κ1) is 19.9. The molecule has 0 unspecified atom stereocenters. The summed E-state index contributed by atoms with van der Waals surface area (Å²) in [6, 6.07) is 24.9. The van der Waals surface area contributed by atoms with Gasteiger partial charge in [-0.25, -0.2) is 4.39 Å². The lowest BCUT2D eigenvalue weighted by atomic mass is 10.1. The summed E-state index contributed by atoms with van der Waals surface area (Å²) in [7, 11) is 0. The zero-order valence-electron chi connectivity index (χ0n) is 16.9. The van der Waals surface area contributed by atoms with Gasteiger partial charge in [-0.1, -0.05) is 60.7 Å². The number of carbonyl (C=O) groups is 1. The first-order valence-electron chi connectivity index (χ1n) is 10.3. The summed E-state index contributed by atoms with van der Waals surface area (Å²) in [6.45, 7) is 1.31. The number of nitrogens with one attached hydrogen (secondary N) is 1. The van der Waals surface area contributed by atoms with E-state index in [1.54, 1.807) is 12.1 Å². The molecule has 0 bridgehead atoms. The van der Waals surface area contributed by atoms with E-state index in [0.29, 0.717) is 19.5 Å². The monoisotopic (exact) mass is 400 g/mol. The zero-order chi connectivity index (χ0) is 20.8. The Morgan fingerprint density at radius 3 is 2.40 bits per heavy atom. The number of para-hydroxylation sites is 1. The first-order valence-corrected chi connectivity index (χ1v) is 10.3. The van der Waals surface area contributed by atoms with Gasteiger partial charge in [-0.3, -0.25) is 4.79 Å². The number of fused-ring (bicyclic) bond motifs is 1. The van der Waals surface area contributed by atoms with Gasteiger partial charge < -0.3 is 9.88 Å². The summed E-state index contributed by atoms with van der Waals surface area (Å²) in [6.07, 6.45) is 4.26. The van der Waals surface area contributed by atoms with Crippen LogP contribution >= 0.6 is 0 Å². The van der Waals surface area contributed by atoms with Crippen molar-refractivity contribution in [1.29, 1.82) is 0 Å². The van der Waals surface area contributed by atoms with Crippen LogP contribution in [0.5, 0.6) is 0 Å². The first-order chi connectivity index (χ1) is 14.7. The fourth-order valence-electron chi connectivity index (χ4n) is 3.78. The van der Waals surface area contributed by atoms with E-state index >= 15 is 0 Å². The highest BCUT2D eigenvalue weighted by Gasteiger charge is 2.12. The number of aryl methyl sites for hydroxylation is 1. The van der Waals surface area contributed by atoms with E-state index < -0.39 is 0 Å². The highest BCUT2D eigenvalue weighted by molar-refractivity contribution is 5.89. The number of nitrogens with zero attached hydrogens (tertiary/aromatic N) is 1. The van der Waals surface area contributed by atoms with Crippen molar-refractivity contribution in [3.05, 3.63) is 108 Å². The summed E-state index contributed by atoms with van der Waals surface area (Å²) in [5, 5.41) is 4.12. The Morgan fingerprint density at radius 1 is 0.867 bits per heavy atom. The molecule has 4 rings (SSSR count). The van der Waals surface area contributed by atoms with Crippen molar-refractivity contribution in [2.45, 2.75) is 25.8 Å². The molecule has 30 heavy (non-hydrogen) atoms. The Kier molecular flexibility index (Phi) is 6.23. The molecule has 1 amide bonds. The number of hydrogen-bond donors (Lipinski definition) is 1. The molecule has 3 aromatic carbocycles. The fourth-order valence-corrected chi connectivity index (χ4v) is 3.78. The molecule has 1 N–H and O–H groups in total. The minimum absolute atomic E-state index is 0.0350. The van der Waals surface area contributed by atoms with E-state index in [4.69, 9.17) is 0 Å². The molecule has 0 aliphatic heterocycles. The van der Waals surface area contributed by atoms with Gasteiger partial charge in [-0.05, 0) is 47.7 Å². The number of halogens is 1. The third-order valence-electron chi connectivity index (χ3n) is 5.30. The Balaban J connectivity index is 1.39. The van der Waals surface area contributed by atoms with Crippen molar-refractivity contribution in [3.63, 3.8) is 0 Å². The Labute approximate surface area is 176 Å².